The number of carbonyl (C=O) groups is 1. The zero-order chi connectivity index (χ0) is 49.5. The number of benzene rings is 4. The minimum atomic E-state index is -2.64. The number of methoxy groups -OCH3 is 1. The average Bonchev–Trinajstić information content (AvgIpc) is 3.91. The van der Waals surface area contributed by atoms with E-state index in [1.165, 1.54) is 6.33 Å². The number of amides is 1. The van der Waals surface area contributed by atoms with E-state index in [9.17, 15) is 10.1 Å². The maximum atomic E-state index is 13.5. The lowest BCUT2D eigenvalue weighted by molar-refractivity contribution is -0.0928. The molecule has 0 radical (unpaired) electrons. The summed E-state index contributed by atoms with van der Waals surface area (Å²) in [6.07, 6.45) is 0.0393. The molecule has 1 aliphatic rings. The third-order valence-corrected chi connectivity index (χ3v) is 19.5. The van der Waals surface area contributed by atoms with Gasteiger partial charge in [-0.1, -0.05) is 111 Å². The van der Waals surface area contributed by atoms with E-state index in [4.69, 9.17) is 37.7 Å². The number of aryl methyl sites for hydroxylation is 1. The first-order valence-electron chi connectivity index (χ1n) is 23.5. The molecule has 69 heavy (non-hydrogen) atoms. The number of ether oxygens (including phenoxy) is 3. The van der Waals surface area contributed by atoms with E-state index in [2.05, 4.69) is 126 Å². The van der Waals surface area contributed by atoms with Crippen LogP contribution >= 0.6 is 8.53 Å². The highest BCUT2D eigenvalue weighted by atomic mass is 31.2. The van der Waals surface area contributed by atoms with Crippen molar-refractivity contribution in [2.75, 3.05) is 25.6 Å². The van der Waals surface area contributed by atoms with Crippen LogP contribution in [0.5, 0.6) is 5.75 Å². The summed E-state index contributed by atoms with van der Waals surface area (Å²) in [5, 5.41) is 12.4. The van der Waals surface area contributed by atoms with Crippen LogP contribution in [0.4, 0.5) is 5.82 Å². The normalized spacial score (nSPS) is 18.9. The van der Waals surface area contributed by atoms with Crippen molar-refractivity contribution in [2.45, 2.75) is 122 Å². The maximum Gasteiger partial charge on any atom is 0.259 e. The number of carbonyl (C=O) groups excluding carboxylic acids is 1. The Kier molecular flexibility index (Phi) is 16.5. The van der Waals surface area contributed by atoms with Crippen molar-refractivity contribution in [3.63, 3.8) is 0 Å². The molecule has 16 heteroatoms. The zero-order valence-corrected chi connectivity index (χ0v) is 43.5. The SMILES string of the molecule is COc1ccc(C(OC[C@H]2O[C@@H](n3cnc4c(NC(=O)c5ccccc5)ncnc43)[C@@H](OP(OCCC#N)N(C(C)C)C(C)C)C2O[Si](C)(C)C(C)(C)C)(c2ccccc2)c2ccc(C)cc2)cc1. The molecule has 3 unspecified atom stereocenters. The number of nitriles is 1. The van der Waals surface area contributed by atoms with E-state index >= 15 is 0 Å². The van der Waals surface area contributed by atoms with Crippen molar-refractivity contribution in [3.8, 4) is 11.8 Å². The Morgan fingerprint density at radius 1 is 0.870 bits per heavy atom. The van der Waals surface area contributed by atoms with E-state index in [-0.39, 0.29) is 48.5 Å². The molecular formula is C53H66N7O7PSi. The molecule has 0 spiro atoms. The smallest absolute Gasteiger partial charge is 0.259 e. The van der Waals surface area contributed by atoms with E-state index in [1.807, 2.05) is 53.1 Å². The van der Waals surface area contributed by atoms with Gasteiger partial charge in [0.2, 0.25) is 0 Å². The van der Waals surface area contributed by atoms with Gasteiger partial charge in [0.1, 0.15) is 36.0 Å². The lowest BCUT2D eigenvalue weighted by atomic mass is 9.79. The number of nitrogens with zero attached hydrogens (tertiary/aromatic N) is 6. The highest BCUT2D eigenvalue weighted by Gasteiger charge is 2.54. The molecule has 1 amide bonds. The van der Waals surface area contributed by atoms with Crippen LogP contribution in [0.25, 0.3) is 11.2 Å². The molecule has 1 aliphatic heterocycles. The monoisotopic (exact) mass is 971 g/mol. The molecule has 0 aliphatic carbocycles. The second-order valence-electron chi connectivity index (χ2n) is 19.3. The summed E-state index contributed by atoms with van der Waals surface area (Å²) < 4.78 is 46.2. The van der Waals surface area contributed by atoms with Crippen LogP contribution in [-0.2, 0) is 28.5 Å². The van der Waals surface area contributed by atoms with Gasteiger partial charge in [0.15, 0.2) is 31.5 Å². The van der Waals surface area contributed by atoms with Gasteiger partial charge in [-0.25, -0.2) is 19.6 Å². The van der Waals surface area contributed by atoms with Crippen molar-refractivity contribution < 1.29 is 32.5 Å². The summed E-state index contributed by atoms with van der Waals surface area (Å²) in [5.41, 5.74) is 3.98. The summed E-state index contributed by atoms with van der Waals surface area (Å²) >= 11 is 0. The Hall–Kier alpha value is -5.40. The van der Waals surface area contributed by atoms with Gasteiger partial charge in [0.05, 0.1) is 39.1 Å². The molecule has 14 nitrogen and oxygen atoms in total. The zero-order valence-electron chi connectivity index (χ0n) is 41.6. The highest BCUT2D eigenvalue weighted by Crippen LogP contribution is 2.53. The molecule has 0 bridgehead atoms. The fraction of sp³-hybridized carbons (Fsp3) is 0.415. The van der Waals surface area contributed by atoms with Gasteiger partial charge >= 0.3 is 0 Å². The molecule has 1 saturated heterocycles. The van der Waals surface area contributed by atoms with Crippen molar-refractivity contribution in [2.24, 2.45) is 0 Å². The van der Waals surface area contributed by atoms with Gasteiger partial charge in [-0.3, -0.25) is 9.36 Å². The predicted octanol–water partition coefficient (Wildman–Crippen LogP) is 11.4. The van der Waals surface area contributed by atoms with Crippen LogP contribution in [0.3, 0.4) is 0 Å². The number of anilines is 1. The summed E-state index contributed by atoms with van der Waals surface area (Å²) in [4.78, 5) is 27.5. The third kappa shape index (κ3) is 11.3. The topological polar surface area (TPSA) is 155 Å². The highest BCUT2D eigenvalue weighted by molar-refractivity contribution is 7.44. The predicted molar refractivity (Wildman–Crippen MR) is 272 cm³/mol. The van der Waals surface area contributed by atoms with Crippen LogP contribution in [0.15, 0.2) is 122 Å². The van der Waals surface area contributed by atoms with Gasteiger partial charge in [-0.05, 0) is 93.7 Å². The number of aromatic nitrogens is 4. The summed E-state index contributed by atoms with van der Waals surface area (Å²) in [7, 11) is -2.80. The second-order valence-corrected chi connectivity index (χ2v) is 25.5. The van der Waals surface area contributed by atoms with Crippen LogP contribution in [-0.4, -0.2) is 89.1 Å². The lowest BCUT2D eigenvalue weighted by Crippen LogP contribution is -2.51. The molecule has 1 fully saturated rings. The van der Waals surface area contributed by atoms with Crippen LogP contribution in [0.2, 0.25) is 18.1 Å². The number of imidazole rings is 1. The number of fused-ring (bicyclic) bond motifs is 1. The number of hydrogen-bond donors (Lipinski definition) is 1. The average molecular weight is 972 g/mol. The minimum Gasteiger partial charge on any atom is -0.497 e. The molecule has 2 aromatic heterocycles. The van der Waals surface area contributed by atoms with Gasteiger partial charge in [-0.2, -0.15) is 5.26 Å². The quantitative estimate of drug-likeness (QED) is 0.0335. The van der Waals surface area contributed by atoms with Gasteiger partial charge in [0, 0.05) is 17.6 Å². The Bertz CT molecular complexity index is 2650. The molecule has 3 heterocycles. The molecule has 7 rings (SSSR count). The molecule has 6 aromatic rings. The molecular weight excluding hydrogens is 906 g/mol. The molecule has 6 atom stereocenters. The van der Waals surface area contributed by atoms with Crippen LogP contribution < -0.4 is 10.1 Å². The largest absolute Gasteiger partial charge is 0.497 e. The minimum absolute atomic E-state index is 0.0148. The van der Waals surface area contributed by atoms with E-state index in [1.54, 1.807) is 37.7 Å². The Morgan fingerprint density at radius 3 is 2.07 bits per heavy atom. The van der Waals surface area contributed by atoms with E-state index in [0.29, 0.717) is 16.7 Å². The summed E-state index contributed by atoms with van der Waals surface area (Å²) in [6.45, 7) is 21.8. The first-order valence-corrected chi connectivity index (χ1v) is 27.6. The lowest BCUT2D eigenvalue weighted by Gasteiger charge is -2.43. The van der Waals surface area contributed by atoms with Gasteiger partial charge in [-0.15, -0.1) is 0 Å². The van der Waals surface area contributed by atoms with Crippen molar-refractivity contribution in [1.29, 1.82) is 5.26 Å². The number of nitrogens with one attached hydrogen (secondary N) is 1. The Balaban J connectivity index is 1.40. The maximum absolute atomic E-state index is 13.5. The molecule has 1 N–H and O–H groups in total. The van der Waals surface area contributed by atoms with Crippen molar-refractivity contribution in [3.05, 3.63) is 150 Å². The van der Waals surface area contributed by atoms with Crippen molar-refractivity contribution in [1.82, 2.24) is 24.2 Å². The Labute approximate surface area is 409 Å². The van der Waals surface area contributed by atoms with Crippen LogP contribution in [0.1, 0.15) is 93.7 Å². The second kappa shape index (κ2) is 22.1. The first kappa shape index (κ1) is 51.4. The fourth-order valence-corrected chi connectivity index (χ4v) is 11.4. The van der Waals surface area contributed by atoms with Gasteiger partial charge < -0.3 is 33.0 Å². The Morgan fingerprint density at radius 2 is 1.48 bits per heavy atom. The van der Waals surface area contributed by atoms with E-state index in [0.717, 1.165) is 28.0 Å². The summed E-state index contributed by atoms with van der Waals surface area (Å²) in [6, 6.07) is 37.8. The molecule has 4 aromatic carbocycles. The fourth-order valence-electron chi connectivity index (χ4n) is 8.38. The third-order valence-electron chi connectivity index (χ3n) is 12.9. The van der Waals surface area contributed by atoms with Gasteiger partial charge in [0.25, 0.3) is 14.4 Å². The molecule has 364 valence electrons. The van der Waals surface area contributed by atoms with Crippen molar-refractivity contribution >= 4 is 39.7 Å². The first-order chi connectivity index (χ1) is 33.0. The number of hydrogen-bond acceptors (Lipinski definition) is 12. The van der Waals surface area contributed by atoms with Crippen LogP contribution in [0, 0.1) is 18.3 Å². The standard InChI is InChI=1S/C53H66N7O7PSi/c1-36(2)60(37(3)4)68(64-32-18-31-54)66-47-46(67-69(10,11)52(6,7)8)44(65-51(47)59-35-57-45-48(55-34-56-49(45)59)58-50(61)39-19-14-12-15-20-39)33-63-53(40-21-16-13-17-22-40,41-25-23-38(5)24-26-41)42-27-29-43(62-9)30-28-42/h12-17,19-30,34-37,44,46-47,51H,18,32-33H2,1-11H3,(H,55,56,58,61)/t44-,46?,47+,51-,53?,68?/m1/s1. The number of rotatable bonds is 20. The molecule has 0 saturated carbocycles. The van der Waals surface area contributed by atoms with E-state index < -0.39 is 47.0 Å². The summed E-state index contributed by atoms with van der Waals surface area (Å²) in [5.74, 6) is 0.632.